The van der Waals surface area contributed by atoms with Crippen LogP contribution in [0.1, 0.15) is 44.6 Å². The van der Waals surface area contributed by atoms with Crippen LogP contribution in [-0.2, 0) is 20.6 Å². The van der Waals surface area contributed by atoms with Crippen molar-refractivity contribution in [3.8, 4) is 0 Å². The molecule has 4 fully saturated rings. The van der Waals surface area contributed by atoms with E-state index in [4.69, 9.17) is 0 Å². The fourth-order valence-electron chi connectivity index (χ4n) is 5.97. The highest BCUT2D eigenvalue weighted by molar-refractivity contribution is 7.88. The summed E-state index contributed by atoms with van der Waals surface area (Å²) >= 11 is 0. The van der Waals surface area contributed by atoms with Crippen LogP contribution in [-0.4, -0.2) is 19.7 Å². The first-order valence-corrected chi connectivity index (χ1v) is 10.6. The molecule has 24 heavy (non-hydrogen) atoms. The van der Waals surface area contributed by atoms with Gasteiger partial charge in [0, 0.05) is 11.5 Å². The van der Waals surface area contributed by atoms with Crippen LogP contribution in [0.15, 0.2) is 30.3 Å². The lowest BCUT2D eigenvalue weighted by molar-refractivity contribution is -0.135. The third-order valence-electron chi connectivity index (χ3n) is 6.31. The van der Waals surface area contributed by atoms with Crippen LogP contribution in [0.25, 0.3) is 0 Å². The van der Waals surface area contributed by atoms with Gasteiger partial charge in [0.2, 0.25) is 10.0 Å². The van der Waals surface area contributed by atoms with Crippen molar-refractivity contribution < 1.29 is 13.2 Å². The average molecular weight is 347 g/mol. The van der Waals surface area contributed by atoms with Gasteiger partial charge in [-0.3, -0.25) is 4.79 Å². The lowest BCUT2D eigenvalue weighted by Gasteiger charge is -2.59. The molecule has 2 unspecified atom stereocenters. The second kappa shape index (κ2) is 5.67. The number of carbonyl (C=O) groups is 1. The molecule has 5 rings (SSSR count). The third kappa shape index (κ3) is 2.93. The molecule has 1 N–H and O–H groups in total. The molecule has 0 radical (unpaired) electrons. The number of hydrogen-bond donors (Lipinski definition) is 1. The summed E-state index contributed by atoms with van der Waals surface area (Å²) < 4.78 is 28.5. The molecule has 4 bridgehead atoms. The van der Waals surface area contributed by atoms with Crippen LogP contribution in [0.4, 0.5) is 0 Å². The minimum absolute atomic E-state index is 0.0335. The molecule has 0 amide bonds. The van der Waals surface area contributed by atoms with Crippen molar-refractivity contribution in [1.82, 2.24) is 4.72 Å². The Morgan fingerprint density at radius 3 is 2.33 bits per heavy atom. The zero-order valence-corrected chi connectivity index (χ0v) is 14.9. The molecule has 0 aromatic heterocycles. The molecule has 4 saturated carbocycles. The summed E-state index contributed by atoms with van der Waals surface area (Å²) in [7, 11) is -3.37. The first-order chi connectivity index (χ1) is 11.4. The van der Waals surface area contributed by atoms with Crippen molar-refractivity contribution in [2.24, 2.45) is 23.7 Å². The van der Waals surface area contributed by atoms with Crippen molar-refractivity contribution in [3.63, 3.8) is 0 Å². The summed E-state index contributed by atoms with van der Waals surface area (Å²) in [5, 5.41) is 0. The Morgan fingerprint density at radius 2 is 1.75 bits per heavy atom. The molecule has 5 heteroatoms. The van der Waals surface area contributed by atoms with Crippen LogP contribution < -0.4 is 4.72 Å². The monoisotopic (exact) mass is 347 g/mol. The van der Waals surface area contributed by atoms with Crippen molar-refractivity contribution in [1.29, 1.82) is 0 Å². The van der Waals surface area contributed by atoms with E-state index in [1.807, 2.05) is 30.3 Å². The Bertz CT molecular complexity index is 727. The number of hydrogen-bond acceptors (Lipinski definition) is 3. The Balaban J connectivity index is 1.54. The molecule has 4 nitrogen and oxygen atoms in total. The largest absolute Gasteiger partial charge is 0.300 e. The minimum atomic E-state index is -3.37. The number of benzene rings is 1. The average Bonchev–Trinajstić information content (AvgIpc) is 2.44. The highest BCUT2D eigenvalue weighted by Gasteiger charge is 2.57. The Labute approximate surface area is 144 Å². The first-order valence-electron chi connectivity index (χ1n) is 8.92. The number of rotatable bonds is 5. The highest BCUT2D eigenvalue weighted by Crippen LogP contribution is 2.58. The smallest absolute Gasteiger partial charge is 0.216 e. The molecule has 0 saturated heterocycles. The minimum Gasteiger partial charge on any atom is -0.300 e. The molecule has 0 spiro atoms. The van der Waals surface area contributed by atoms with Gasteiger partial charge in [-0.05, 0) is 62.3 Å². The predicted molar refractivity (Wildman–Crippen MR) is 92.7 cm³/mol. The molecule has 0 heterocycles. The number of nitrogens with one attached hydrogen (secondary N) is 1. The van der Waals surface area contributed by atoms with Crippen LogP contribution in [0.2, 0.25) is 0 Å². The van der Waals surface area contributed by atoms with E-state index in [1.54, 1.807) is 6.92 Å². The molecular weight excluding hydrogens is 322 g/mol. The van der Waals surface area contributed by atoms with Crippen molar-refractivity contribution in [3.05, 3.63) is 35.9 Å². The number of ketones is 1. The molecule has 4 aliphatic rings. The summed E-state index contributed by atoms with van der Waals surface area (Å²) in [5.41, 5.74) is 0.507. The van der Waals surface area contributed by atoms with Gasteiger partial charge in [0.15, 0.2) is 0 Å². The van der Waals surface area contributed by atoms with E-state index in [0.29, 0.717) is 23.5 Å². The third-order valence-corrected chi connectivity index (χ3v) is 7.77. The summed E-state index contributed by atoms with van der Waals surface area (Å²) in [6.45, 7) is 1.71. The van der Waals surface area contributed by atoms with E-state index in [-0.39, 0.29) is 17.2 Å². The second-order valence-corrected chi connectivity index (χ2v) is 9.96. The van der Waals surface area contributed by atoms with Crippen LogP contribution in [0.3, 0.4) is 0 Å². The van der Waals surface area contributed by atoms with E-state index < -0.39 is 10.0 Å². The topological polar surface area (TPSA) is 63.2 Å². The highest BCUT2D eigenvalue weighted by atomic mass is 32.2. The van der Waals surface area contributed by atoms with E-state index in [1.165, 1.54) is 0 Å². The first kappa shape index (κ1) is 16.3. The molecule has 4 aliphatic carbocycles. The molecular formula is C19H25NO3S. The summed E-state index contributed by atoms with van der Waals surface area (Å²) in [5.74, 6) is 1.81. The Morgan fingerprint density at radius 1 is 1.12 bits per heavy atom. The number of Topliss-reactive ketones (excluding diaryl/α,β-unsaturated/α-hetero) is 1. The fourth-order valence-corrected chi connectivity index (χ4v) is 7.59. The van der Waals surface area contributed by atoms with Crippen LogP contribution in [0, 0.1) is 23.7 Å². The van der Waals surface area contributed by atoms with Gasteiger partial charge in [0.25, 0.3) is 0 Å². The van der Waals surface area contributed by atoms with Gasteiger partial charge in [-0.15, -0.1) is 0 Å². The molecule has 1 aromatic rings. The quantitative estimate of drug-likeness (QED) is 0.891. The normalized spacial score (nSPS) is 37.5. The van der Waals surface area contributed by atoms with Gasteiger partial charge in [-0.25, -0.2) is 13.1 Å². The predicted octanol–water partition coefficient (Wildman–Crippen LogP) is 2.89. The SMILES string of the molecule is CC(=O)C1C2CC3CC1CC(NS(=O)(=O)Cc1ccccc1)(C3)C2. The summed E-state index contributed by atoms with van der Waals surface area (Å²) in [6, 6.07) is 9.33. The molecule has 1 aromatic carbocycles. The zero-order chi connectivity index (χ0) is 16.9. The van der Waals surface area contributed by atoms with Gasteiger partial charge in [-0.1, -0.05) is 30.3 Å². The maximum absolute atomic E-state index is 12.7. The zero-order valence-electron chi connectivity index (χ0n) is 14.1. The Kier molecular flexibility index (Phi) is 3.84. The van der Waals surface area contributed by atoms with Crippen molar-refractivity contribution in [2.75, 3.05) is 0 Å². The molecule has 130 valence electrons. The second-order valence-electron chi connectivity index (χ2n) is 8.23. The van der Waals surface area contributed by atoms with Gasteiger partial charge >= 0.3 is 0 Å². The summed E-state index contributed by atoms with van der Waals surface area (Å²) in [4.78, 5) is 12.0. The van der Waals surface area contributed by atoms with E-state index in [2.05, 4.69) is 4.72 Å². The maximum atomic E-state index is 12.7. The van der Waals surface area contributed by atoms with Crippen molar-refractivity contribution in [2.45, 2.75) is 50.3 Å². The lowest BCUT2D eigenvalue weighted by atomic mass is 9.48. The number of carbonyl (C=O) groups excluding carboxylic acids is 1. The molecule has 0 aliphatic heterocycles. The Hall–Kier alpha value is -1.20. The van der Waals surface area contributed by atoms with Gasteiger partial charge in [0.1, 0.15) is 5.78 Å². The van der Waals surface area contributed by atoms with Gasteiger partial charge < -0.3 is 0 Å². The summed E-state index contributed by atoms with van der Waals surface area (Å²) in [6.07, 6.45) is 4.81. The fraction of sp³-hybridized carbons (Fsp3) is 0.632. The van der Waals surface area contributed by atoms with Crippen LogP contribution in [0.5, 0.6) is 0 Å². The number of sulfonamides is 1. The van der Waals surface area contributed by atoms with Gasteiger partial charge in [0.05, 0.1) is 5.75 Å². The van der Waals surface area contributed by atoms with E-state index in [9.17, 15) is 13.2 Å². The van der Waals surface area contributed by atoms with Crippen molar-refractivity contribution >= 4 is 15.8 Å². The van der Waals surface area contributed by atoms with Crippen LogP contribution >= 0.6 is 0 Å². The van der Waals surface area contributed by atoms with Gasteiger partial charge in [-0.2, -0.15) is 0 Å². The van der Waals surface area contributed by atoms with E-state index in [0.717, 1.165) is 37.7 Å². The lowest BCUT2D eigenvalue weighted by Crippen LogP contribution is -2.63. The standard InChI is InChI=1S/C19H25NO3S/c1-13(21)18-16-7-15-8-17(18)11-19(9-15,10-16)20-24(22,23)12-14-5-3-2-4-6-14/h2-6,15-18,20H,7-12H2,1H3. The maximum Gasteiger partial charge on any atom is 0.216 e. The molecule has 2 atom stereocenters. The van der Waals surface area contributed by atoms with E-state index >= 15 is 0 Å².